The first kappa shape index (κ1) is 15.0. The quantitative estimate of drug-likeness (QED) is 0.629. The maximum absolute atomic E-state index is 11.9. The molecular weight excluding hydrogens is 297 g/mol. The van der Waals surface area contributed by atoms with Gasteiger partial charge in [0.05, 0.1) is 11.6 Å². The molecule has 9 heteroatoms. The van der Waals surface area contributed by atoms with Crippen LogP contribution >= 0.6 is 11.6 Å². The number of halogens is 4. The maximum Gasteiger partial charge on any atom is 0.389 e. The van der Waals surface area contributed by atoms with Crippen molar-refractivity contribution in [3.05, 3.63) is 17.2 Å². The lowest BCUT2D eigenvalue weighted by atomic mass is 10.3. The van der Waals surface area contributed by atoms with E-state index in [9.17, 15) is 13.2 Å². The summed E-state index contributed by atoms with van der Waals surface area (Å²) >= 11 is 5.97. The molecule has 110 valence electrons. The molecule has 20 heavy (non-hydrogen) atoms. The highest BCUT2D eigenvalue weighted by Crippen LogP contribution is 2.21. The molecule has 2 heterocycles. The van der Waals surface area contributed by atoms with Gasteiger partial charge >= 0.3 is 6.18 Å². The van der Waals surface area contributed by atoms with Gasteiger partial charge in [0.25, 0.3) is 0 Å². The van der Waals surface area contributed by atoms with Gasteiger partial charge in [-0.15, -0.1) is 0 Å². The van der Waals surface area contributed by atoms with Gasteiger partial charge in [-0.05, 0) is 6.42 Å². The van der Waals surface area contributed by atoms with Crippen molar-refractivity contribution >= 4 is 22.6 Å². The van der Waals surface area contributed by atoms with Gasteiger partial charge in [-0.1, -0.05) is 11.6 Å². The minimum atomic E-state index is -4.16. The van der Waals surface area contributed by atoms with Crippen LogP contribution in [-0.4, -0.2) is 32.5 Å². The third-order valence-corrected chi connectivity index (χ3v) is 2.86. The minimum absolute atomic E-state index is 0.0100. The van der Waals surface area contributed by atoms with Gasteiger partial charge < -0.3 is 4.74 Å². The Morgan fingerprint density at radius 1 is 1.35 bits per heavy atom. The van der Waals surface area contributed by atoms with Crippen molar-refractivity contribution in [2.75, 3.05) is 6.61 Å². The highest BCUT2D eigenvalue weighted by atomic mass is 35.5. The largest absolute Gasteiger partial charge is 0.389 e. The molecule has 0 amide bonds. The molecule has 0 aliphatic rings. The molecule has 0 spiro atoms. The summed E-state index contributed by atoms with van der Waals surface area (Å²) in [5.74, 6) is 0.318. The molecule has 2 aromatic rings. The van der Waals surface area contributed by atoms with E-state index in [-0.39, 0.29) is 24.8 Å². The summed E-state index contributed by atoms with van der Waals surface area (Å²) in [6.07, 6.45) is -3.57. The van der Waals surface area contributed by atoms with E-state index in [1.54, 1.807) is 13.2 Å². The van der Waals surface area contributed by atoms with E-state index in [1.165, 1.54) is 4.68 Å². The second-order valence-corrected chi connectivity index (χ2v) is 4.57. The second kappa shape index (κ2) is 5.92. The summed E-state index contributed by atoms with van der Waals surface area (Å²) in [5.41, 5.74) is 0.555. The average Bonchev–Trinajstić information content (AvgIpc) is 2.70. The van der Waals surface area contributed by atoms with Crippen molar-refractivity contribution in [3.63, 3.8) is 0 Å². The molecule has 0 radical (unpaired) electrons. The molecular formula is C11H12ClF3N4O. The Kier molecular flexibility index (Phi) is 4.44. The van der Waals surface area contributed by atoms with Crippen LogP contribution < -0.4 is 0 Å². The lowest BCUT2D eigenvalue weighted by Crippen LogP contribution is -2.09. The first-order valence-corrected chi connectivity index (χ1v) is 6.23. The molecule has 0 saturated heterocycles. The Morgan fingerprint density at radius 2 is 2.10 bits per heavy atom. The molecule has 0 unspecified atom stereocenters. The van der Waals surface area contributed by atoms with Gasteiger partial charge in [0.15, 0.2) is 11.5 Å². The maximum atomic E-state index is 11.9. The smallest absolute Gasteiger partial charge is 0.373 e. The second-order valence-electron chi connectivity index (χ2n) is 4.21. The monoisotopic (exact) mass is 308 g/mol. The van der Waals surface area contributed by atoms with Crippen molar-refractivity contribution in [1.82, 2.24) is 19.7 Å². The first-order valence-electron chi connectivity index (χ1n) is 5.85. The van der Waals surface area contributed by atoms with E-state index in [2.05, 4.69) is 15.1 Å². The predicted molar refractivity (Wildman–Crippen MR) is 66.3 cm³/mol. The summed E-state index contributed by atoms with van der Waals surface area (Å²) in [6.45, 7) is 0.00259. The Labute approximate surface area is 117 Å². The number of rotatable bonds is 5. The van der Waals surface area contributed by atoms with Crippen LogP contribution in [0.1, 0.15) is 18.7 Å². The topological polar surface area (TPSA) is 52.8 Å². The number of nitrogens with zero attached hydrogens (tertiary/aromatic N) is 4. The van der Waals surface area contributed by atoms with E-state index in [4.69, 9.17) is 16.3 Å². The fraction of sp³-hybridized carbons (Fsp3) is 0.545. The van der Waals surface area contributed by atoms with Crippen molar-refractivity contribution in [3.8, 4) is 0 Å². The number of hydrogen-bond donors (Lipinski definition) is 0. The van der Waals surface area contributed by atoms with Crippen LogP contribution in [0, 0.1) is 0 Å². The van der Waals surface area contributed by atoms with Crippen molar-refractivity contribution in [1.29, 1.82) is 0 Å². The van der Waals surface area contributed by atoms with Gasteiger partial charge in [0.1, 0.15) is 11.8 Å². The average molecular weight is 309 g/mol. The third-order valence-electron chi connectivity index (χ3n) is 2.57. The Hall–Kier alpha value is -1.41. The summed E-state index contributed by atoms with van der Waals surface area (Å²) in [7, 11) is 1.71. The van der Waals surface area contributed by atoms with Gasteiger partial charge in [-0.3, -0.25) is 4.68 Å². The molecule has 0 bridgehead atoms. The van der Waals surface area contributed by atoms with Gasteiger partial charge in [0, 0.05) is 20.1 Å². The van der Waals surface area contributed by atoms with E-state index >= 15 is 0 Å². The van der Waals surface area contributed by atoms with Gasteiger partial charge in [0.2, 0.25) is 0 Å². The van der Waals surface area contributed by atoms with Crippen LogP contribution in [0.15, 0.2) is 6.20 Å². The molecule has 2 aromatic heterocycles. The summed E-state index contributed by atoms with van der Waals surface area (Å²) in [5, 5.41) is 4.87. The molecule has 0 aliphatic carbocycles. The van der Waals surface area contributed by atoms with E-state index < -0.39 is 12.6 Å². The highest BCUT2D eigenvalue weighted by molar-refractivity contribution is 6.33. The highest BCUT2D eigenvalue weighted by Gasteiger charge is 2.25. The standard InChI is InChI=1S/C11H12ClF3N4O/c1-19-10-7(5-16-19)9(12)17-8(18-10)6-20-4-2-3-11(13,14)15/h5H,2-4,6H2,1H3. The van der Waals surface area contributed by atoms with E-state index in [0.29, 0.717) is 16.9 Å². The zero-order valence-corrected chi connectivity index (χ0v) is 11.4. The zero-order chi connectivity index (χ0) is 14.8. The molecule has 0 atom stereocenters. The zero-order valence-electron chi connectivity index (χ0n) is 10.6. The Morgan fingerprint density at radius 3 is 2.80 bits per heavy atom. The summed E-state index contributed by atoms with van der Waals surface area (Å²) in [6, 6.07) is 0. The SMILES string of the molecule is Cn1ncc2c(Cl)nc(COCCCC(F)(F)F)nc21. The molecule has 0 saturated carbocycles. The van der Waals surface area contributed by atoms with Crippen LogP contribution in [-0.2, 0) is 18.4 Å². The van der Waals surface area contributed by atoms with E-state index in [1.807, 2.05) is 0 Å². The number of fused-ring (bicyclic) bond motifs is 1. The summed E-state index contributed by atoms with van der Waals surface area (Å²) in [4.78, 5) is 8.21. The third kappa shape index (κ3) is 3.80. The van der Waals surface area contributed by atoms with Crippen LogP contribution in [0.5, 0.6) is 0 Å². The number of hydrogen-bond acceptors (Lipinski definition) is 4. The fourth-order valence-corrected chi connectivity index (χ4v) is 1.86. The van der Waals surface area contributed by atoms with Crippen molar-refractivity contribution < 1.29 is 17.9 Å². The van der Waals surface area contributed by atoms with Gasteiger partial charge in [-0.2, -0.15) is 18.3 Å². The molecule has 5 nitrogen and oxygen atoms in total. The summed E-state index contributed by atoms with van der Waals surface area (Å²) < 4.78 is 42.5. The Bertz CT molecular complexity index is 599. The molecule has 0 fully saturated rings. The fourth-order valence-electron chi connectivity index (χ4n) is 1.63. The minimum Gasteiger partial charge on any atom is -0.373 e. The van der Waals surface area contributed by atoms with Crippen LogP contribution in [0.2, 0.25) is 5.15 Å². The number of ether oxygens (including phenoxy) is 1. The normalized spacial score (nSPS) is 12.2. The molecule has 2 rings (SSSR count). The lowest BCUT2D eigenvalue weighted by Gasteiger charge is -2.07. The van der Waals surface area contributed by atoms with Gasteiger partial charge in [-0.25, -0.2) is 9.97 Å². The van der Waals surface area contributed by atoms with Crippen molar-refractivity contribution in [2.45, 2.75) is 25.6 Å². The van der Waals surface area contributed by atoms with Crippen molar-refractivity contribution in [2.24, 2.45) is 7.05 Å². The lowest BCUT2D eigenvalue weighted by molar-refractivity contribution is -0.138. The molecule has 0 aromatic carbocycles. The number of aryl methyl sites for hydroxylation is 1. The van der Waals surface area contributed by atoms with Crippen LogP contribution in [0.4, 0.5) is 13.2 Å². The first-order chi connectivity index (χ1) is 9.37. The molecule has 0 N–H and O–H groups in total. The number of alkyl halides is 3. The Balaban J connectivity index is 1.92. The van der Waals surface area contributed by atoms with Crippen LogP contribution in [0.25, 0.3) is 11.0 Å². The van der Waals surface area contributed by atoms with E-state index in [0.717, 1.165) is 0 Å². The number of aromatic nitrogens is 4. The molecule has 0 aliphatic heterocycles. The van der Waals surface area contributed by atoms with Crippen LogP contribution in [0.3, 0.4) is 0 Å². The predicted octanol–water partition coefficient (Wildman–Crippen LogP) is 2.88.